The molecule has 0 aliphatic carbocycles. The van der Waals surface area contributed by atoms with E-state index in [-0.39, 0.29) is 28.2 Å². The molecule has 0 spiro atoms. The van der Waals surface area contributed by atoms with Crippen LogP contribution in [0.15, 0.2) is 45.6 Å². The molecule has 0 unspecified atom stereocenters. The molecule has 3 heterocycles. The predicted octanol–water partition coefficient (Wildman–Crippen LogP) is -0.787. The van der Waals surface area contributed by atoms with Crippen LogP contribution in [-0.4, -0.2) is 118 Å². The number of benzene rings is 2. The second kappa shape index (κ2) is 12.8. The SMILES string of the molecule is COc1ccc(-c2cc(=O)c3c(O)c(OC)c(O[C@H]4O[C@@H](CO[C@H]5O[C@H](C)[C@@H](O)[C@H](O)[C@@H]5O)[C@H](O)[C@@H](O)[C@@H]4O)cc3o2)cc1. The standard InChI is InChI=1S/C29H34O15/c1-11-20(31)23(34)25(36)28(41-11)40-10-18-21(32)24(35)26(37)29(44-18)43-17-9-16-19(22(33)27(17)39-3)14(30)8-15(42-16)12-4-6-13(38-2)7-5-12/h4-9,11,18,20-21,23-26,28-29,31-37H,10H2,1-3H3/t11-,18+,20-,21+,23+,24-,25+,26+,28+,29+/m1/s1. The average Bonchev–Trinajstić information content (AvgIpc) is 3.01. The molecule has 3 aromatic rings. The Kier molecular flexibility index (Phi) is 9.31. The summed E-state index contributed by atoms with van der Waals surface area (Å²) in [5.74, 6) is -0.391. The van der Waals surface area contributed by atoms with Crippen molar-refractivity contribution in [3.8, 4) is 34.3 Å². The van der Waals surface area contributed by atoms with Crippen molar-refractivity contribution in [2.45, 2.75) is 68.3 Å². The van der Waals surface area contributed by atoms with E-state index >= 15 is 0 Å². The van der Waals surface area contributed by atoms with E-state index in [1.165, 1.54) is 33.3 Å². The summed E-state index contributed by atoms with van der Waals surface area (Å²) in [6.07, 6.45) is -15.2. The van der Waals surface area contributed by atoms with Gasteiger partial charge in [-0.25, -0.2) is 0 Å². The number of aliphatic hydroxyl groups is 6. The molecule has 1 aromatic heterocycles. The maximum atomic E-state index is 13.0. The average molecular weight is 623 g/mol. The Labute approximate surface area is 249 Å². The number of aliphatic hydroxyl groups excluding tert-OH is 6. The van der Waals surface area contributed by atoms with Crippen LogP contribution in [0.3, 0.4) is 0 Å². The molecule has 2 fully saturated rings. The van der Waals surface area contributed by atoms with Crippen molar-refractivity contribution in [2.24, 2.45) is 0 Å². The Morgan fingerprint density at radius 1 is 0.795 bits per heavy atom. The number of hydrogen-bond acceptors (Lipinski definition) is 15. The van der Waals surface area contributed by atoms with Gasteiger partial charge in [0.2, 0.25) is 12.0 Å². The molecule has 10 atom stereocenters. The summed E-state index contributed by atoms with van der Waals surface area (Å²) < 4.78 is 38.7. The molecule has 2 aliphatic heterocycles. The Bertz CT molecular complexity index is 1510. The van der Waals surface area contributed by atoms with E-state index < -0.39 is 79.2 Å². The number of hydrogen-bond donors (Lipinski definition) is 7. The van der Waals surface area contributed by atoms with E-state index in [1.807, 2.05) is 0 Å². The van der Waals surface area contributed by atoms with E-state index in [0.717, 1.165) is 0 Å². The Balaban J connectivity index is 1.41. The van der Waals surface area contributed by atoms with Crippen LogP contribution >= 0.6 is 0 Å². The van der Waals surface area contributed by atoms with Gasteiger partial charge in [0, 0.05) is 17.7 Å². The van der Waals surface area contributed by atoms with Crippen molar-refractivity contribution in [1.82, 2.24) is 0 Å². The zero-order valence-corrected chi connectivity index (χ0v) is 23.8. The lowest BCUT2D eigenvalue weighted by Gasteiger charge is -2.42. The summed E-state index contributed by atoms with van der Waals surface area (Å²) in [7, 11) is 2.72. The highest BCUT2D eigenvalue weighted by Gasteiger charge is 2.47. The zero-order valence-electron chi connectivity index (χ0n) is 23.8. The minimum Gasteiger partial charge on any atom is -0.504 e. The summed E-state index contributed by atoms with van der Waals surface area (Å²) in [5.41, 5.74) is -0.138. The van der Waals surface area contributed by atoms with E-state index in [2.05, 4.69) is 0 Å². The van der Waals surface area contributed by atoms with Gasteiger partial charge in [0.25, 0.3) is 0 Å². The van der Waals surface area contributed by atoms with E-state index in [9.17, 15) is 40.5 Å². The third-order valence-corrected chi connectivity index (χ3v) is 7.64. The van der Waals surface area contributed by atoms with Crippen molar-refractivity contribution >= 4 is 11.0 Å². The highest BCUT2D eigenvalue weighted by molar-refractivity contribution is 5.89. The third-order valence-electron chi connectivity index (χ3n) is 7.64. The molecule has 15 heteroatoms. The van der Waals surface area contributed by atoms with Crippen molar-refractivity contribution in [3.05, 3.63) is 46.6 Å². The summed E-state index contributed by atoms with van der Waals surface area (Å²) >= 11 is 0. The minimum absolute atomic E-state index is 0.0966. The van der Waals surface area contributed by atoms with Crippen molar-refractivity contribution < 1.29 is 68.6 Å². The zero-order chi connectivity index (χ0) is 31.9. The predicted molar refractivity (Wildman–Crippen MR) is 148 cm³/mol. The molecule has 7 N–H and O–H groups in total. The lowest BCUT2D eigenvalue weighted by molar-refractivity contribution is -0.318. The van der Waals surface area contributed by atoms with Gasteiger partial charge in [0.15, 0.2) is 23.2 Å². The van der Waals surface area contributed by atoms with Crippen LogP contribution in [0.25, 0.3) is 22.3 Å². The quantitative estimate of drug-likeness (QED) is 0.163. The molecule has 44 heavy (non-hydrogen) atoms. The van der Waals surface area contributed by atoms with E-state index in [4.69, 9.17) is 32.8 Å². The van der Waals surface area contributed by atoms with Gasteiger partial charge >= 0.3 is 0 Å². The number of phenols is 1. The number of fused-ring (bicyclic) bond motifs is 1. The minimum atomic E-state index is -1.81. The van der Waals surface area contributed by atoms with Crippen LogP contribution in [0.1, 0.15) is 6.92 Å². The molecule has 0 amide bonds. The fourth-order valence-electron chi connectivity index (χ4n) is 5.06. The second-order valence-electron chi connectivity index (χ2n) is 10.5. The lowest BCUT2D eigenvalue weighted by Crippen LogP contribution is -2.61. The first-order valence-electron chi connectivity index (χ1n) is 13.6. The van der Waals surface area contributed by atoms with Crippen LogP contribution in [0.4, 0.5) is 0 Å². The van der Waals surface area contributed by atoms with E-state index in [0.29, 0.717) is 11.3 Å². The van der Waals surface area contributed by atoms with Crippen LogP contribution < -0.4 is 19.6 Å². The van der Waals surface area contributed by atoms with Gasteiger partial charge in [0.1, 0.15) is 65.2 Å². The molecule has 240 valence electrons. The van der Waals surface area contributed by atoms with Crippen LogP contribution in [0.5, 0.6) is 23.0 Å². The fourth-order valence-corrected chi connectivity index (χ4v) is 5.06. The lowest BCUT2D eigenvalue weighted by atomic mass is 9.98. The van der Waals surface area contributed by atoms with Gasteiger partial charge < -0.3 is 68.6 Å². The molecule has 5 rings (SSSR count). The van der Waals surface area contributed by atoms with Gasteiger partial charge in [-0.05, 0) is 31.2 Å². The topological polar surface area (TPSA) is 227 Å². The van der Waals surface area contributed by atoms with Crippen molar-refractivity contribution in [2.75, 3.05) is 20.8 Å². The molecular weight excluding hydrogens is 588 g/mol. The van der Waals surface area contributed by atoms with Gasteiger partial charge in [-0.1, -0.05) is 0 Å². The largest absolute Gasteiger partial charge is 0.504 e. The normalized spacial score (nSPS) is 32.4. The molecule has 2 aromatic carbocycles. The third kappa shape index (κ3) is 5.93. The van der Waals surface area contributed by atoms with Gasteiger partial charge in [0.05, 0.1) is 26.9 Å². The number of methoxy groups -OCH3 is 2. The summed E-state index contributed by atoms with van der Waals surface area (Å²) in [6.45, 7) is 0.947. The molecule has 15 nitrogen and oxygen atoms in total. The number of phenolic OH excluding ortho intramolecular Hbond substituents is 1. The summed E-state index contributed by atoms with van der Waals surface area (Å²) in [6, 6.07) is 9.13. The molecule has 0 bridgehead atoms. The monoisotopic (exact) mass is 622 g/mol. The molecule has 0 radical (unpaired) electrons. The van der Waals surface area contributed by atoms with Crippen molar-refractivity contribution in [3.63, 3.8) is 0 Å². The van der Waals surface area contributed by atoms with E-state index in [1.54, 1.807) is 24.3 Å². The summed E-state index contributed by atoms with van der Waals surface area (Å²) in [5, 5.41) is 72.6. The van der Waals surface area contributed by atoms with Gasteiger partial charge in [-0.3, -0.25) is 4.79 Å². The Morgan fingerprint density at radius 2 is 1.45 bits per heavy atom. The first-order chi connectivity index (χ1) is 20.9. The summed E-state index contributed by atoms with van der Waals surface area (Å²) in [4.78, 5) is 13.0. The fraction of sp³-hybridized carbons (Fsp3) is 0.483. The highest BCUT2D eigenvalue weighted by atomic mass is 16.7. The first-order valence-corrected chi connectivity index (χ1v) is 13.6. The van der Waals surface area contributed by atoms with Gasteiger partial charge in [-0.15, -0.1) is 0 Å². The number of rotatable bonds is 8. The number of aromatic hydroxyl groups is 1. The Hall–Kier alpha value is -3.51. The number of ether oxygens (including phenoxy) is 6. The molecule has 2 saturated heterocycles. The maximum absolute atomic E-state index is 13.0. The molecular formula is C29H34O15. The maximum Gasteiger partial charge on any atom is 0.229 e. The van der Waals surface area contributed by atoms with Crippen molar-refractivity contribution in [1.29, 1.82) is 0 Å². The highest BCUT2D eigenvalue weighted by Crippen LogP contribution is 2.43. The molecule has 0 saturated carbocycles. The first kappa shape index (κ1) is 31.9. The smallest absolute Gasteiger partial charge is 0.229 e. The molecule has 2 aliphatic rings. The Morgan fingerprint density at radius 3 is 2.11 bits per heavy atom. The van der Waals surface area contributed by atoms with Crippen LogP contribution in [0, 0.1) is 0 Å². The van der Waals surface area contributed by atoms with Gasteiger partial charge in [-0.2, -0.15) is 0 Å². The van der Waals surface area contributed by atoms with Crippen LogP contribution in [-0.2, 0) is 14.2 Å². The van der Waals surface area contributed by atoms with Crippen LogP contribution in [0.2, 0.25) is 0 Å². The second-order valence-corrected chi connectivity index (χ2v) is 10.5.